The molecule has 19 heavy (non-hydrogen) atoms. The van der Waals surface area contributed by atoms with Crippen molar-refractivity contribution < 1.29 is 4.79 Å². The molecule has 1 aromatic carbocycles. The van der Waals surface area contributed by atoms with Crippen LogP contribution in [0.1, 0.15) is 40.9 Å². The predicted octanol–water partition coefficient (Wildman–Crippen LogP) is 1.89. The standard InChI is InChI=1S/C16H22N2O/c1-10-3-12-6-15-13(5-14(12)9-17-7-10)4-11(2)8-18-16(15)19/h5-6,10-11,17H,3-4,7-9H2,1-2H3,(H,18,19). The van der Waals surface area contributed by atoms with Crippen LogP contribution < -0.4 is 10.6 Å². The van der Waals surface area contributed by atoms with E-state index in [0.717, 1.165) is 38.0 Å². The summed E-state index contributed by atoms with van der Waals surface area (Å²) in [5, 5.41) is 6.53. The van der Waals surface area contributed by atoms with Crippen LogP contribution in [0.25, 0.3) is 0 Å². The Labute approximate surface area is 114 Å². The average Bonchev–Trinajstić information content (AvgIpc) is 2.62. The normalized spacial score (nSPS) is 26.7. The topological polar surface area (TPSA) is 41.1 Å². The summed E-state index contributed by atoms with van der Waals surface area (Å²) >= 11 is 0. The van der Waals surface area contributed by atoms with E-state index in [1.54, 1.807) is 0 Å². The van der Waals surface area contributed by atoms with Gasteiger partial charge in [-0.3, -0.25) is 4.79 Å². The van der Waals surface area contributed by atoms with Crippen LogP contribution in [0.5, 0.6) is 0 Å². The summed E-state index contributed by atoms with van der Waals surface area (Å²) in [4.78, 5) is 12.2. The third-order valence-corrected chi connectivity index (χ3v) is 4.23. The first-order valence-electron chi connectivity index (χ1n) is 7.27. The van der Waals surface area contributed by atoms with Gasteiger partial charge in [-0.15, -0.1) is 0 Å². The van der Waals surface area contributed by atoms with Gasteiger partial charge in [0.2, 0.25) is 0 Å². The molecule has 0 aliphatic carbocycles. The Morgan fingerprint density at radius 1 is 1.00 bits per heavy atom. The minimum atomic E-state index is 0.104. The van der Waals surface area contributed by atoms with Gasteiger partial charge in [-0.05, 0) is 54.0 Å². The molecule has 0 spiro atoms. The molecule has 2 N–H and O–H groups in total. The molecule has 0 aromatic heterocycles. The lowest BCUT2D eigenvalue weighted by atomic mass is 9.91. The van der Waals surface area contributed by atoms with Gasteiger partial charge in [-0.25, -0.2) is 0 Å². The Hall–Kier alpha value is -1.35. The fourth-order valence-corrected chi connectivity index (χ4v) is 3.19. The third kappa shape index (κ3) is 2.52. The fourth-order valence-electron chi connectivity index (χ4n) is 3.19. The molecule has 0 fully saturated rings. The van der Waals surface area contributed by atoms with Crippen LogP contribution >= 0.6 is 0 Å². The molecule has 2 atom stereocenters. The van der Waals surface area contributed by atoms with Crippen molar-refractivity contribution in [3.05, 3.63) is 34.4 Å². The maximum atomic E-state index is 12.2. The van der Waals surface area contributed by atoms with Crippen molar-refractivity contribution in [2.24, 2.45) is 11.8 Å². The second-order valence-electron chi connectivity index (χ2n) is 6.24. The molecule has 2 aliphatic rings. The molecule has 3 nitrogen and oxygen atoms in total. The van der Waals surface area contributed by atoms with Crippen molar-refractivity contribution in [3.63, 3.8) is 0 Å². The van der Waals surface area contributed by atoms with Gasteiger partial charge in [0.15, 0.2) is 0 Å². The van der Waals surface area contributed by atoms with Crippen LogP contribution in [0, 0.1) is 11.8 Å². The lowest BCUT2D eigenvalue weighted by Gasteiger charge is -2.13. The summed E-state index contributed by atoms with van der Waals surface area (Å²) in [6.07, 6.45) is 2.06. The molecular weight excluding hydrogens is 236 g/mol. The smallest absolute Gasteiger partial charge is 0.251 e. The van der Waals surface area contributed by atoms with Gasteiger partial charge < -0.3 is 10.6 Å². The van der Waals surface area contributed by atoms with Gasteiger partial charge in [0.25, 0.3) is 5.91 Å². The molecule has 0 radical (unpaired) electrons. The van der Waals surface area contributed by atoms with Crippen LogP contribution in [-0.4, -0.2) is 19.0 Å². The molecule has 1 amide bonds. The van der Waals surface area contributed by atoms with Crippen molar-refractivity contribution in [3.8, 4) is 0 Å². The van der Waals surface area contributed by atoms with E-state index in [-0.39, 0.29) is 5.91 Å². The maximum Gasteiger partial charge on any atom is 0.251 e. The van der Waals surface area contributed by atoms with Crippen LogP contribution in [-0.2, 0) is 19.4 Å². The van der Waals surface area contributed by atoms with Gasteiger partial charge in [0.1, 0.15) is 0 Å². The minimum absolute atomic E-state index is 0.104. The highest BCUT2D eigenvalue weighted by Gasteiger charge is 2.22. The molecule has 3 rings (SSSR count). The molecule has 3 heteroatoms. The summed E-state index contributed by atoms with van der Waals surface area (Å²) in [6.45, 7) is 7.23. The molecule has 0 bridgehead atoms. The van der Waals surface area contributed by atoms with Crippen molar-refractivity contribution in [2.75, 3.05) is 13.1 Å². The number of nitrogens with one attached hydrogen (secondary N) is 2. The van der Waals surface area contributed by atoms with Crippen LogP contribution in [0.15, 0.2) is 12.1 Å². The first-order valence-corrected chi connectivity index (χ1v) is 7.27. The quantitative estimate of drug-likeness (QED) is 0.746. The summed E-state index contributed by atoms with van der Waals surface area (Å²) in [5.74, 6) is 1.25. The van der Waals surface area contributed by atoms with Crippen LogP contribution in [0.4, 0.5) is 0 Å². The van der Waals surface area contributed by atoms with E-state index in [9.17, 15) is 4.79 Å². The second-order valence-corrected chi connectivity index (χ2v) is 6.24. The monoisotopic (exact) mass is 258 g/mol. The Morgan fingerprint density at radius 3 is 2.58 bits per heavy atom. The maximum absolute atomic E-state index is 12.2. The van der Waals surface area contributed by atoms with Crippen molar-refractivity contribution in [1.82, 2.24) is 10.6 Å². The first kappa shape index (κ1) is 12.7. The summed E-state index contributed by atoms with van der Waals surface area (Å²) < 4.78 is 0. The number of amides is 1. The molecule has 0 saturated carbocycles. The Bertz CT molecular complexity index is 510. The van der Waals surface area contributed by atoms with E-state index in [4.69, 9.17) is 0 Å². The van der Waals surface area contributed by atoms with Gasteiger partial charge >= 0.3 is 0 Å². The highest BCUT2D eigenvalue weighted by molar-refractivity contribution is 5.96. The SMILES string of the molecule is CC1CNCc2cc3c(cc2C1)C(=O)NCC(C)C3. The third-order valence-electron chi connectivity index (χ3n) is 4.23. The van der Waals surface area contributed by atoms with Crippen molar-refractivity contribution >= 4 is 5.91 Å². The Balaban J connectivity index is 2.05. The summed E-state index contributed by atoms with van der Waals surface area (Å²) in [6, 6.07) is 4.40. The molecule has 102 valence electrons. The van der Waals surface area contributed by atoms with E-state index in [1.165, 1.54) is 16.7 Å². The van der Waals surface area contributed by atoms with Gasteiger partial charge in [-0.1, -0.05) is 19.9 Å². The highest BCUT2D eigenvalue weighted by Crippen LogP contribution is 2.25. The van der Waals surface area contributed by atoms with Crippen molar-refractivity contribution in [1.29, 1.82) is 0 Å². The minimum Gasteiger partial charge on any atom is -0.352 e. The zero-order valence-corrected chi connectivity index (χ0v) is 11.8. The van der Waals surface area contributed by atoms with E-state index in [0.29, 0.717) is 11.8 Å². The lowest BCUT2D eigenvalue weighted by Crippen LogP contribution is -2.25. The largest absolute Gasteiger partial charge is 0.352 e. The number of hydrogen-bond donors (Lipinski definition) is 2. The van der Waals surface area contributed by atoms with Crippen molar-refractivity contribution in [2.45, 2.75) is 33.2 Å². The predicted molar refractivity (Wildman–Crippen MR) is 76.2 cm³/mol. The van der Waals surface area contributed by atoms with E-state index in [1.807, 2.05) is 0 Å². The molecule has 0 saturated heterocycles. The fraction of sp³-hybridized carbons (Fsp3) is 0.562. The van der Waals surface area contributed by atoms with Crippen LogP contribution in [0.3, 0.4) is 0 Å². The molecule has 1 aromatic rings. The average molecular weight is 258 g/mol. The molecule has 2 unspecified atom stereocenters. The van der Waals surface area contributed by atoms with E-state index in [2.05, 4.69) is 36.6 Å². The van der Waals surface area contributed by atoms with E-state index >= 15 is 0 Å². The summed E-state index contributed by atoms with van der Waals surface area (Å²) in [7, 11) is 0. The van der Waals surface area contributed by atoms with E-state index < -0.39 is 0 Å². The second kappa shape index (κ2) is 4.97. The number of rotatable bonds is 0. The molecule has 2 aliphatic heterocycles. The number of carbonyl (C=O) groups is 1. The zero-order valence-electron chi connectivity index (χ0n) is 11.8. The first-order chi connectivity index (χ1) is 9.13. The highest BCUT2D eigenvalue weighted by atomic mass is 16.1. The van der Waals surface area contributed by atoms with Gasteiger partial charge in [-0.2, -0.15) is 0 Å². The number of hydrogen-bond acceptors (Lipinski definition) is 2. The Kier molecular flexibility index (Phi) is 3.31. The van der Waals surface area contributed by atoms with Gasteiger partial charge in [0, 0.05) is 18.7 Å². The lowest BCUT2D eigenvalue weighted by molar-refractivity contribution is 0.0952. The van der Waals surface area contributed by atoms with Gasteiger partial charge in [0.05, 0.1) is 0 Å². The molecular formula is C16H22N2O. The van der Waals surface area contributed by atoms with Crippen LogP contribution in [0.2, 0.25) is 0 Å². The molecule has 2 heterocycles. The number of benzene rings is 1. The summed E-state index contributed by atoms with van der Waals surface area (Å²) in [5.41, 5.74) is 4.85. The Morgan fingerprint density at radius 2 is 1.74 bits per heavy atom. The number of fused-ring (bicyclic) bond motifs is 2. The zero-order chi connectivity index (χ0) is 13.4. The number of carbonyl (C=O) groups excluding carboxylic acids is 1.